The molecule has 0 fully saturated rings. The fourth-order valence-corrected chi connectivity index (χ4v) is 4.98. The van der Waals surface area contributed by atoms with Gasteiger partial charge in [-0.15, -0.1) is 0 Å². The lowest BCUT2D eigenvalue weighted by atomic mass is 9.81. The Morgan fingerprint density at radius 1 is 0.429 bits per heavy atom. The number of aliphatic hydroxyl groups is 2. The summed E-state index contributed by atoms with van der Waals surface area (Å²) in [6, 6.07) is 43.9. The number of hydrogen-bond donors (Lipinski definition) is 2. The van der Waals surface area contributed by atoms with E-state index in [1.807, 2.05) is 58.0 Å². The zero-order valence-electron chi connectivity index (χ0n) is 29.9. The molecule has 0 saturated carbocycles. The topological polar surface area (TPSA) is 62.2 Å². The van der Waals surface area contributed by atoms with Gasteiger partial charge in [-0.05, 0) is 114 Å². The minimum Gasteiger partial charge on any atom is -0.427 e. The standard InChI is InChI=1S/C42H47B2NO4/c1-39(2,46)41(5,6)48-43-34-20-12-16-30(26-34)32-18-14-24-37(28-32)45(36-22-10-9-11-23-36)38-25-15-19-33(29-38)31-17-13-21-35(27-31)44-49-42(7,8)40(3,4)47/h9-29,46-47H,1-8H3. The van der Waals surface area contributed by atoms with Crippen LogP contribution in [-0.2, 0) is 9.31 Å². The largest absolute Gasteiger partial charge is 0.427 e. The first-order valence-electron chi connectivity index (χ1n) is 16.8. The van der Waals surface area contributed by atoms with Gasteiger partial charge in [-0.2, -0.15) is 0 Å². The Hall–Kier alpha value is -4.13. The lowest BCUT2D eigenvalue weighted by molar-refractivity contribution is -0.0893. The summed E-state index contributed by atoms with van der Waals surface area (Å²) in [7, 11) is 3.44. The van der Waals surface area contributed by atoms with Gasteiger partial charge >= 0.3 is 15.0 Å². The molecule has 0 aliphatic rings. The molecule has 7 heteroatoms. The van der Waals surface area contributed by atoms with E-state index in [0.717, 1.165) is 50.2 Å². The number of anilines is 3. The zero-order valence-corrected chi connectivity index (χ0v) is 29.9. The highest BCUT2D eigenvalue weighted by Gasteiger charge is 2.36. The third-order valence-corrected chi connectivity index (χ3v) is 9.59. The van der Waals surface area contributed by atoms with Gasteiger partial charge in [0.05, 0.1) is 22.4 Å². The number of hydrogen-bond acceptors (Lipinski definition) is 5. The highest BCUT2D eigenvalue weighted by atomic mass is 16.5. The molecule has 49 heavy (non-hydrogen) atoms. The average Bonchev–Trinajstić information content (AvgIpc) is 3.07. The summed E-state index contributed by atoms with van der Waals surface area (Å²) in [5.74, 6) is 0. The summed E-state index contributed by atoms with van der Waals surface area (Å²) < 4.78 is 12.1. The van der Waals surface area contributed by atoms with Gasteiger partial charge in [-0.1, -0.05) is 102 Å². The van der Waals surface area contributed by atoms with Crippen LogP contribution in [0.4, 0.5) is 17.1 Å². The molecule has 0 aliphatic heterocycles. The lowest BCUT2D eigenvalue weighted by Gasteiger charge is -2.37. The van der Waals surface area contributed by atoms with E-state index in [-0.39, 0.29) is 0 Å². The molecular formula is C42H47B2NO4. The fourth-order valence-electron chi connectivity index (χ4n) is 4.98. The van der Waals surface area contributed by atoms with Gasteiger partial charge in [0.1, 0.15) is 0 Å². The Morgan fingerprint density at radius 2 is 0.776 bits per heavy atom. The number of rotatable bonds is 13. The molecule has 0 aromatic heterocycles. The minimum absolute atomic E-state index is 0.755. The highest BCUT2D eigenvalue weighted by molar-refractivity contribution is 6.47. The summed E-state index contributed by atoms with van der Waals surface area (Å²) in [5, 5.41) is 21.1. The molecule has 0 amide bonds. The van der Waals surface area contributed by atoms with Crippen molar-refractivity contribution < 1.29 is 19.5 Å². The van der Waals surface area contributed by atoms with Crippen LogP contribution < -0.4 is 15.8 Å². The second-order valence-corrected chi connectivity index (χ2v) is 14.6. The average molecular weight is 651 g/mol. The van der Waals surface area contributed by atoms with Crippen LogP contribution in [0.15, 0.2) is 127 Å². The van der Waals surface area contributed by atoms with Crippen molar-refractivity contribution in [2.45, 2.75) is 77.8 Å². The Bertz CT molecular complexity index is 1740. The van der Waals surface area contributed by atoms with E-state index in [2.05, 4.69) is 102 Å². The van der Waals surface area contributed by atoms with Crippen molar-refractivity contribution in [3.63, 3.8) is 0 Å². The molecule has 0 saturated heterocycles. The van der Waals surface area contributed by atoms with Gasteiger partial charge in [-0.3, -0.25) is 0 Å². The normalized spacial score (nSPS) is 12.4. The Kier molecular flexibility index (Phi) is 10.6. The first-order chi connectivity index (χ1) is 23.0. The predicted octanol–water partition coefficient (Wildman–Crippen LogP) is 8.11. The zero-order chi connectivity index (χ0) is 35.5. The van der Waals surface area contributed by atoms with Crippen LogP contribution in [0.25, 0.3) is 22.3 Å². The second-order valence-electron chi connectivity index (χ2n) is 14.6. The van der Waals surface area contributed by atoms with Crippen LogP contribution >= 0.6 is 0 Å². The summed E-state index contributed by atoms with van der Waals surface area (Å²) in [5.41, 5.74) is 5.69. The van der Waals surface area contributed by atoms with E-state index in [0.29, 0.717) is 0 Å². The van der Waals surface area contributed by atoms with E-state index in [9.17, 15) is 10.2 Å². The molecule has 2 N–H and O–H groups in total. The molecule has 250 valence electrons. The van der Waals surface area contributed by atoms with Crippen molar-refractivity contribution in [3.05, 3.63) is 127 Å². The predicted molar refractivity (Wildman–Crippen MR) is 206 cm³/mol. The highest BCUT2D eigenvalue weighted by Crippen LogP contribution is 2.38. The minimum atomic E-state index is -1.00. The van der Waals surface area contributed by atoms with Gasteiger partial charge in [0.15, 0.2) is 0 Å². The molecule has 2 radical (unpaired) electrons. The van der Waals surface area contributed by atoms with E-state index in [1.54, 1.807) is 42.7 Å². The van der Waals surface area contributed by atoms with E-state index >= 15 is 0 Å². The Balaban J connectivity index is 1.46. The second kappa shape index (κ2) is 14.4. The quantitative estimate of drug-likeness (QED) is 0.126. The maximum atomic E-state index is 10.5. The van der Waals surface area contributed by atoms with Gasteiger partial charge < -0.3 is 24.4 Å². The van der Waals surface area contributed by atoms with Crippen LogP contribution in [0.2, 0.25) is 0 Å². The van der Waals surface area contributed by atoms with Gasteiger partial charge in [0, 0.05) is 17.1 Å². The monoisotopic (exact) mass is 651 g/mol. The van der Waals surface area contributed by atoms with Crippen molar-refractivity contribution in [3.8, 4) is 22.3 Å². The van der Waals surface area contributed by atoms with Crippen molar-refractivity contribution in [1.82, 2.24) is 0 Å². The van der Waals surface area contributed by atoms with Crippen LogP contribution in [-0.4, -0.2) is 47.6 Å². The molecule has 0 unspecified atom stereocenters. The third-order valence-electron chi connectivity index (χ3n) is 9.59. The van der Waals surface area contributed by atoms with Crippen molar-refractivity contribution >= 4 is 43.0 Å². The van der Waals surface area contributed by atoms with Crippen molar-refractivity contribution in [1.29, 1.82) is 0 Å². The first-order valence-corrected chi connectivity index (χ1v) is 16.8. The Labute approximate surface area is 294 Å². The summed E-state index contributed by atoms with van der Waals surface area (Å²) >= 11 is 0. The molecule has 0 heterocycles. The number of benzene rings is 5. The molecule has 0 spiro atoms. The fraction of sp³-hybridized carbons (Fsp3) is 0.286. The lowest BCUT2D eigenvalue weighted by Crippen LogP contribution is -2.49. The van der Waals surface area contributed by atoms with Crippen molar-refractivity contribution in [2.75, 3.05) is 4.90 Å². The maximum absolute atomic E-state index is 10.5. The number of nitrogens with zero attached hydrogens (tertiary/aromatic N) is 1. The smallest absolute Gasteiger partial charge is 0.330 e. The molecule has 0 bridgehead atoms. The van der Waals surface area contributed by atoms with Gasteiger partial charge in [0.2, 0.25) is 0 Å². The Morgan fingerprint density at radius 3 is 1.16 bits per heavy atom. The number of para-hydroxylation sites is 1. The van der Waals surface area contributed by atoms with Crippen LogP contribution in [0, 0.1) is 0 Å². The van der Waals surface area contributed by atoms with Crippen molar-refractivity contribution in [2.24, 2.45) is 0 Å². The van der Waals surface area contributed by atoms with E-state index < -0.39 is 22.4 Å². The molecule has 0 aliphatic carbocycles. The van der Waals surface area contributed by atoms with E-state index in [1.165, 1.54) is 0 Å². The third kappa shape index (κ3) is 8.73. The molecule has 5 rings (SSSR count). The first kappa shape index (κ1) is 36.2. The molecule has 0 atom stereocenters. The summed E-state index contributed by atoms with van der Waals surface area (Å²) in [4.78, 5) is 2.27. The van der Waals surface area contributed by atoms with Crippen LogP contribution in [0.5, 0.6) is 0 Å². The molecule has 5 aromatic rings. The summed E-state index contributed by atoms with van der Waals surface area (Å²) in [6.07, 6.45) is 0. The molecular weight excluding hydrogens is 604 g/mol. The molecule has 5 aromatic carbocycles. The van der Waals surface area contributed by atoms with Crippen LogP contribution in [0.1, 0.15) is 55.4 Å². The molecule has 5 nitrogen and oxygen atoms in total. The SMILES string of the molecule is CC(C)(O)C(C)(C)O[B]c1cccc(-c2cccc(N(c3ccccc3)c3cccc(-c4cccc([B]OC(C)(C)C(C)(C)O)c4)c3)c2)c1. The maximum Gasteiger partial charge on any atom is 0.330 e. The van der Waals surface area contributed by atoms with E-state index in [4.69, 9.17) is 9.31 Å². The summed E-state index contributed by atoms with van der Waals surface area (Å²) in [6.45, 7) is 14.5. The van der Waals surface area contributed by atoms with Crippen LogP contribution in [0.3, 0.4) is 0 Å². The van der Waals surface area contributed by atoms with Gasteiger partial charge in [0.25, 0.3) is 0 Å². The van der Waals surface area contributed by atoms with Gasteiger partial charge in [-0.25, -0.2) is 0 Å².